The zero-order chi connectivity index (χ0) is 8.69. The van der Waals surface area contributed by atoms with E-state index in [0.717, 1.165) is 12.1 Å². The molecule has 1 nitrogen and oxygen atoms in total. The number of hydrogen-bond donors (Lipinski definition) is 1. The van der Waals surface area contributed by atoms with E-state index in [-0.39, 0.29) is 0 Å². The molecule has 0 spiro atoms. The van der Waals surface area contributed by atoms with Crippen molar-refractivity contribution in [3.8, 4) is 0 Å². The van der Waals surface area contributed by atoms with Gasteiger partial charge in [0.25, 0.3) is 0 Å². The highest BCUT2D eigenvalue weighted by Gasteiger charge is 1.88. The smallest absolute Gasteiger partial charge is 0.00775 e. The van der Waals surface area contributed by atoms with Gasteiger partial charge in [0.2, 0.25) is 0 Å². The Hall–Kier alpha value is -0.720. The minimum atomic E-state index is 0.663. The van der Waals surface area contributed by atoms with Crippen LogP contribution >= 0.6 is 0 Å². The molecule has 0 saturated heterocycles. The maximum atomic E-state index is 5.61. The summed E-state index contributed by atoms with van der Waals surface area (Å²) in [5.41, 5.74) is 6.56. The van der Waals surface area contributed by atoms with E-state index in [1.54, 1.807) is 0 Å². The Morgan fingerprint density at radius 2 is 2.09 bits per heavy atom. The Kier molecular flexibility index (Phi) is 5.63. The molecule has 1 unspecified atom stereocenters. The van der Waals surface area contributed by atoms with E-state index in [2.05, 4.69) is 26.8 Å². The van der Waals surface area contributed by atoms with Crippen molar-refractivity contribution in [2.45, 2.75) is 33.6 Å². The monoisotopic (exact) mass is 153 g/mol. The van der Waals surface area contributed by atoms with Gasteiger partial charge >= 0.3 is 0 Å². The van der Waals surface area contributed by atoms with Crippen LogP contribution in [0.5, 0.6) is 0 Å². The Morgan fingerprint density at radius 3 is 2.55 bits per heavy atom. The highest BCUT2D eigenvalue weighted by Crippen LogP contribution is 2.02. The molecule has 1 heteroatoms. The molecule has 0 heterocycles. The van der Waals surface area contributed by atoms with Crippen LogP contribution in [0.25, 0.3) is 0 Å². The van der Waals surface area contributed by atoms with Crippen LogP contribution in [0.4, 0.5) is 0 Å². The van der Waals surface area contributed by atoms with Crippen LogP contribution in [0, 0.1) is 5.92 Å². The molecule has 0 radical (unpaired) electrons. The van der Waals surface area contributed by atoms with Crippen molar-refractivity contribution < 1.29 is 0 Å². The summed E-state index contributed by atoms with van der Waals surface area (Å²) in [6.07, 6.45) is 8.34. The van der Waals surface area contributed by atoms with Crippen molar-refractivity contribution in [3.63, 3.8) is 0 Å². The van der Waals surface area contributed by atoms with Gasteiger partial charge in [-0.25, -0.2) is 0 Å². The van der Waals surface area contributed by atoms with Gasteiger partial charge in [0.15, 0.2) is 0 Å². The van der Waals surface area contributed by atoms with Gasteiger partial charge in [0.1, 0.15) is 0 Å². The van der Waals surface area contributed by atoms with E-state index in [1.165, 1.54) is 6.42 Å². The fourth-order valence-electron chi connectivity index (χ4n) is 0.623. The lowest BCUT2D eigenvalue weighted by atomic mass is 10.1. The molecule has 0 aromatic heterocycles. The fraction of sp³-hybridized carbons (Fsp3) is 0.600. The van der Waals surface area contributed by atoms with Crippen molar-refractivity contribution in [2.24, 2.45) is 11.7 Å². The molecule has 0 aromatic rings. The molecular weight excluding hydrogens is 134 g/mol. The molecule has 0 aliphatic heterocycles. The van der Waals surface area contributed by atoms with Gasteiger partial charge in [-0.2, -0.15) is 0 Å². The zero-order valence-electron chi connectivity index (χ0n) is 7.80. The average molecular weight is 153 g/mol. The summed E-state index contributed by atoms with van der Waals surface area (Å²) in [5.74, 6) is 0.663. The van der Waals surface area contributed by atoms with Crippen molar-refractivity contribution in [2.75, 3.05) is 0 Å². The van der Waals surface area contributed by atoms with Crippen LogP contribution in [0.15, 0.2) is 23.9 Å². The molecule has 0 saturated carbocycles. The minimum absolute atomic E-state index is 0.663. The van der Waals surface area contributed by atoms with Gasteiger partial charge in [0, 0.05) is 5.70 Å². The van der Waals surface area contributed by atoms with Crippen molar-refractivity contribution in [1.82, 2.24) is 0 Å². The van der Waals surface area contributed by atoms with Crippen molar-refractivity contribution in [1.29, 1.82) is 0 Å². The minimum Gasteiger partial charge on any atom is -0.402 e. The second-order valence-corrected chi connectivity index (χ2v) is 2.87. The Bertz CT molecular complexity index is 145. The highest BCUT2D eigenvalue weighted by atomic mass is 14.6. The van der Waals surface area contributed by atoms with Crippen LogP contribution in [0.2, 0.25) is 0 Å². The Balaban J connectivity index is 3.75. The molecule has 0 amide bonds. The van der Waals surface area contributed by atoms with Crippen LogP contribution in [-0.2, 0) is 0 Å². The molecule has 64 valence electrons. The Morgan fingerprint density at radius 1 is 1.45 bits per heavy atom. The third-order valence-electron chi connectivity index (χ3n) is 1.80. The second-order valence-electron chi connectivity index (χ2n) is 2.87. The van der Waals surface area contributed by atoms with Gasteiger partial charge in [-0.1, -0.05) is 39.3 Å². The third kappa shape index (κ3) is 5.71. The van der Waals surface area contributed by atoms with Crippen molar-refractivity contribution >= 4 is 0 Å². The van der Waals surface area contributed by atoms with E-state index < -0.39 is 0 Å². The number of hydrogen-bond acceptors (Lipinski definition) is 1. The van der Waals surface area contributed by atoms with E-state index >= 15 is 0 Å². The molecule has 0 aliphatic rings. The zero-order valence-corrected chi connectivity index (χ0v) is 7.80. The SMILES string of the molecule is CC/C(N)=C/C=C\C(C)CC. The van der Waals surface area contributed by atoms with Gasteiger partial charge in [0.05, 0.1) is 0 Å². The molecule has 1 atom stereocenters. The molecule has 0 rings (SSSR count). The summed E-state index contributed by atoms with van der Waals surface area (Å²) in [6, 6.07) is 0. The van der Waals surface area contributed by atoms with Crippen LogP contribution < -0.4 is 5.73 Å². The molecule has 2 N–H and O–H groups in total. The molecule has 0 aromatic carbocycles. The van der Waals surface area contributed by atoms with E-state index in [0.29, 0.717) is 5.92 Å². The average Bonchev–Trinajstić information content (AvgIpc) is 2.04. The first-order valence-electron chi connectivity index (χ1n) is 4.33. The maximum absolute atomic E-state index is 5.61. The van der Waals surface area contributed by atoms with Crippen LogP contribution in [-0.4, -0.2) is 0 Å². The standard InChI is InChI=1S/C10H19N/c1-4-9(3)7-6-8-10(11)5-2/h6-9H,4-5,11H2,1-3H3/b7-6-,10-8-. The van der Waals surface area contributed by atoms with E-state index in [4.69, 9.17) is 5.73 Å². The molecular formula is C10H19N. The predicted molar refractivity (Wildman–Crippen MR) is 51.2 cm³/mol. The largest absolute Gasteiger partial charge is 0.402 e. The lowest BCUT2D eigenvalue weighted by molar-refractivity contribution is 0.698. The molecule has 0 bridgehead atoms. The first kappa shape index (κ1) is 10.3. The fourth-order valence-corrected chi connectivity index (χ4v) is 0.623. The van der Waals surface area contributed by atoms with Crippen molar-refractivity contribution in [3.05, 3.63) is 23.9 Å². The summed E-state index contributed by atoms with van der Waals surface area (Å²) in [5, 5.41) is 0. The summed E-state index contributed by atoms with van der Waals surface area (Å²) in [7, 11) is 0. The first-order valence-corrected chi connectivity index (χ1v) is 4.33. The van der Waals surface area contributed by atoms with Gasteiger partial charge in [-0.15, -0.1) is 0 Å². The quantitative estimate of drug-likeness (QED) is 0.617. The molecule has 0 aliphatic carbocycles. The second kappa shape index (κ2) is 6.02. The predicted octanol–water partition coefficient (Wildman–Crippen LogP) is 2.84. The topological polar surface area (TPSA) is 26.0 Å². The number of rotatable bonds is 4. The number of nitrogens with two attached hydrogens (primary N) is 1. The van der Waals surface area contributed by atoms with Gasteiger partial charge < -0.3 is 5.73 Å². The number of allylic oxidation sites excluding steroid dienone is 4. The maximum Gasteiger partial charge on any atom is 0.00775 e. The summed E-state index contributed by atoms with van der Waals surface area (Å²) in [4.78, 5) is 0. The summed E-state index contributed by atoms with van der Waals surface area (Å²) in [6.45, 7) is 6.44. The normalized spacial score (nSPS) is 15.7. The third-order valence-corrected chi connectivity index (χ3v) is 1.80. The Labute approximate surface area is 70.0 Å². The first-order chi connectivity index (χ1) is 5.20. The lowest BCUT2D eigenvalue weighted by Crippen LogP contribution is -1.93. The van der Waals surface area contributed by atoms with Gasteiger partial charge in [-0.05, 0) is 18.4 Å². The van der Waals surface area contributed by atoms with Crippen LogP contribution in [0.1, 0.15) is 33.6 Å². The van der Waals surface area contributed by atoms with Gasteiger partial charge in [-0.3, -0.25) is 0 Å². The van der Waals surface area contributed by atoms with Crippen LogP contribution in [0.3, 0.4) is 0 Å². The lowest BCUT2D eigenvalue weighted by Gasteiger charge is -1.97. The van der Waals surface area contributed by atoms with E-state index in [9.17, 15) is 0 Å². The van der Waals surface area contributed by atoms with E-state index in [1.807, 2.05) is 12.2 Å². The summed E-state index contributed by atoms with van der Waals surface area (Å²) >= 11 is 0. The molecule has 11 heavy (non-hydrogen) atoms. The highest BCUT2D eigenvalue weighted by molar-refractivity contribution is 5.09. The summed E-state index contributed by atoms with van der Waals surface area (Å²) < 4.78 is 0. The molecule has 0 fully saturated rings.